The second kappa shape index (κ2) is 10.9. The van der Waals surface area contributed by atoms with Crippen LogP contribution in [-0.4, -0.2) is 66.7 Å². The number of carbonyl (C=O) groups is 3. The number of amides is 2. The van der Waals surface area contributed by atoms with Crippen LogP contribution in [0.5, 0.6) is 5.75 Å². The molecule has 1 heterocycles. The molecule has 1 aliphatic heterocycles. The molecule has 1 aliphatic rings. The van der Waals surface area contributed by atoms with Gasteiger partial charge in [0, 0.05) is 25.7 Å². The number of hydrogen-bond acceptors (Lipinski definition) is 5. The quantitative estimate of drug-likeness (QED) is 0.448. The second-order valence-electron chi connectivity index (χ2n) is 7.41. The molecule has 1 fully saturated rings. The van der Waals surface area contributed by atoms with Gasteiger partial charge in [-0.2, -0.15) is 8.78 Å². The van der Waals surface area contributed by atoms with Crippen molar-refractivity contribution in [3.8, 4) is 5.75 Å². The largest absolute Gasteiger partial charge is 0.479 e. The van der Waals surface area contributed by atoms with Crippen molar-refractivity contribution in [3.63, 3.8) is 0 Å². The first-order valence-electron chi connectivity index (χ1n) is 10.0. The molecule has 0 radical (unpaired) electrons. The lowest BCUT2D eigenvalue weighted by molar-refractivity contribution is -0.140. The lowest BCUT2D eigenvalue weighted by Gasteiger charge is -2.33. The molecule has 3 rings (SSSR count). The van der Waals surface area contributed by atoms with Crippen LogP contribution in [0.4, 0.5) is 17.6 Å². The molecular weight excluding hydrogens is 446 g/mol. The predicted octanol–water partition coefficient (Wildman–Crippen LogP) is 1.65. The van der Waals surface area contributed by atoms with E-state index in [1.165, 1.54) is 4.90 Å². The van der Waals surface area contributed by atoms with E-state index in [9.17, 15) is 31.9 Å². The molecule has 176 valence electrons. The topological polar surface area (TPSA) is 79.0 Å². The van der Waals surface area contributed by atoms with E-state index in [1.54, 1.807) is 0 Å². The molecule has 11 heteroatoms. The Bertz CT molecular complexity index is 1010. The minimum absolute atomic E-state index is 0.0162. The van der Waals surface area contributed by atoms with E-state index in [-0.39, 0.29) is 25.1 Å². The first-order valence-corrected chi connectivity index (χ1v) is 10.0. The van der Waals surface area contributed by atoms with Gasteiger partial charge in [0.25, 0.3) is 0 Å². The highest BCUT2D eigenvalue weighted by Gasteiger charge is 2.26. The highest BCUT2D eigenvalue weighted by atomic mass is 19.2. The van der Waals surface area contributed by atoms with Gasteiger partial charge in [-0.05, 0) is 5.56 Å². The molecular formula is C22H21F4N3O4. The fourth-order valence-electron chi connectivity index (χ4n) is 3.21. The average Bonchev–Trinajstić information content (AvgIpc) is 2.79. The maximum atomic E-state index is 13.5. The predicted molar refractivity (Wildman–Crippen MR) is 108 cm³/mol. The van der Waals surface area contributed by atoms with Gasteiger partial charge in [-0.1, -0.05) is 30.3 Å². The van der Waals surface area contributed by atoms with Crippen molar-refractivity contribution in [1.82, 2.24) is 15.1 Å². The average molecular weight is 467 g/mol. The van der Waals surface area contributed by atoms with Crippen LogP contribution in [0.1, 0.15) is 5.56 Å². The molecule has 0 bridgehead atoms. The van der Waals surface area contributed by atoms with E-state index in [2.05, 4.69) is 10.1 Å². The Labute approximate surface area is 186 Å². The normalized spacial score (nSPS) is 14.3. The Hall–Kier alpha value is -3.47. The van der Waals surface area contributed by atoms with Gasteiger partial charge >= 0.3 is 0 Å². The maximum absolute atomic E-state index is 13.5. The molecule has 7 nitrogen and oxygen atoms in total. The Morgan fingerprint density at radius 1 is 1.00 bits per heavy atom. The smallest absolute Gasteiger partial charge is 0.239 e. The third-order valence-corrected chi connectivity index (χ3v) is 4.91. The zero-order valence-electron chi connectivity index (χ0n) is 17.5. The van der Waals surface area contributed by atoms with Crippen molar-refractivity contribution >= 4 is 17.6 Å². The van der Waals surface area contributed by atoms with Crippen molar-refractivity contribution in [2.75, 3.05) is 39.3 Å². The molecule has 0 spiro atoms. The van der Waals surface area contributed by atoms with Crippen molar-refractivity contribution in [1.29, 1.82) is 0 Å². The van der Waals surface area contributed by atoms with Crippen LogP contribution >= 0.6 is 0 Å². The number of halogens is 4. The molecule has 1 saturated heterocycles. The second-order valence-corrected chi connectivity index (χ2v) is 7.41. The fourth-order valence-corrected chi connectivity index (χ4v) is 3.21. The van der Waals surface area contributed by atoms with Crippen LogP contribution in [0.15, 0.2) is 36.4 Å². The standard InChI is InChI=1S/C22H21F4N3O4/c23-16-8-17(24)21(26)22(20(16)25)33-13-15(30)9-27-18(31)11-29-7-6-28(12-19(29)32)10-14-4-2-1-3-5-14/h1-5,8H,6-7,9-13H2,(H,27,31). The SMILES string of the molecule is O=C(CNC(=O)CN1CCN(Cc2ccccc2)CC1=O)COc1c(F)c(F)cc(F)c1F. The summed E-state index contributed by atoms with van der Waals surface area (Å²) in [6.45, 7) is -0.0731. The van der Waals surface area contributed by atoms with Gasteiger partial charge < -0.3 is 15.0 Å². The monoisotopic (exact) mass is 467 g/mol. The van der Waals surface area contributed by atoms with Crippen molar-refractivity contribution in [2.45, 2.75) is 6.54 Å². The molecule has 2 aromatic carbocycles. The van der Waals surface area contributed by atoms with Crippen LogP contribution in [0.3, 0.4) is 0 Å². The van der Waals surface area contributed by atoms with Crippen LogP contribution in [0, 0.1) is 23.3 Å². The van der Waals surface area contributed by atoms with E-state index in [0.29, 0.717) is 19.6 Å². The lowest BCUT2D eigenvalue weighted by Crippen LogP contribution is -2.52. The van der Waals surface area contributed by atoms with Crippen LogP contribution in [0.2, 0.25) is 0 Å². The number of hydrogen-bond donors (Lipinski definition) is 1. The third kappa shape index (κ3) is 6.51. The summed E-state index contributed by atoms with van der Waals surface area (Å²) in [6.07, 6.45) is 0. The van der Waals surface area contributed by atoms with E-state index in [1.807, 2.05) is 35.2 Å². The first-order chi connectivity index (χ1) is 15.7. The number of nitrogens with one attached hydrogen (secondary N) is 1. The summed E-state index contributed by atoms with van der Waals surface area (Å²) in [6, 6.07) is 9.65. The number of Topliss-reactive ketones (excluding diaryl/α,β-unsaturated/α-hetero) is 1. The summed E-state index contributed by atoms with van der Waals surface area (Å²) < 4.78 is 57.9. The fraction of sp³-hybridized carbons (Fsp3) is 0.318. The van der Waals surface area contributed by atoms with Gasteiger partial charge in [0.1, 0.15) is 6.61 Å². The zero-order chi connectivity index (χ0) is 24.0. The number of ketones is 1. The Kier molecular flexibility index (Phi) is 7.99. The summed E-state index contributed by atoms with van der Waals surface area (Å²) in [5, 5.41) is 2.28. The highest BCUT2D eigenvalue weighted by Crippen LogP contribution is 2.26. The van der Waals surface area contributed by atoms with Crippen molar-refractivity contribution in [2.24, 2.45) is 0 Å². The Morgan fingerprint density at radius 3 is 2.30 bits per heavy atom. The molecule has 0 saturated carbocycles. The third-order valence-electron chi connectivity index (χ3n) is 4.91. The van der Waals surface area contributed by atoms with Crippen molar-refractivity contribution < 1.29 is 36.7 Å². The van der Waals surface area contributed by atoms with Gasteiger partial charge in [0.05, 0.1) is 19.6 Å². The minimum atomic E-state index is -1.77. The van der Waals surface area contributed by atoms with Crippen LogP contribution < -0.4 is 10.1 Å². The van der Waals surface area contributed by atoms with E-state index in [0.717, 1.165) is 5.56 Å². The molecule has 0 unspecified atom stereocenters. The summed E-state index contributed by atoms with van der Waals surface area (Å²) >= 11 is 0. The summed E-state index contributed by atoms with van der Waals surface area (Å²) in [4.78, 5) is 39.6. The molecule has 0 aliphatic carbocycles. The number of carbonyl (C=O) groups excluding carboxylic acids is 3. The molecule has 0 aromatic heterocycles. The summed E-state index contributed by atoms with van der Waals surface area (Å²) in [5.74, 6) is -9.87. The van der Waals surface area contributed by atoms with Gasteiger partial charge in [0.15, 0.2) is 23.2 Å². The van der Waals surface area contributed by atoms with E-state index >= 15 is 0 Å². The molecule has 0 atom stereocenters. The van der Waals surface area contributed by atoms with E-state index < -0.39 is 53.9 Å². The minimum Gasteiger partial charge on any atom is -0.479 e. The number of piperazine rings is 1. The molecule has 1 N–H and O–H groups in total. The summed E-state index contributed by atoms with van der Waals surface area (Å²) in [7, 11) is 0. The van der Waals surface area contributed by atoms with E-state index in [4.69, 9.17) is 0 Å². The maximum Gasteiger partial charge on any atom is 0.239 e. The highest BCUT2D eigenvalue weighted by molar-refractivity contribution is 5.90. The number of nitrogens with zero attached hydrogens (tertiary/aromatic N) is 2. The Morgan fingerprint density at radius 2 is 1.67 bits per heavy atom. The van der Waals surface area contributed by atoms with Crippen molar-refractivity contribution in [3.05, 3.63) is 65.2 Å². The Balaban J connectivity index is 1.41. The van der Waals surface area contributed by atoms with Gasteiger partial charge in [0.2, 0.25) is 23.4 Å². The molecule has 2 amide bonds. The molecule has 33 heavy (non-hydrogen) atoms. The number of benzene rings is 2. The molecule has 2 aromatic rings. The van der Waals surface area contributed by atoms with Crippen LogP contribution in [0.25, 0.3) is 0 Å². The van der Waals surface area contributed by atoms with Crippen LogP contribution in [-0.2, 0) is 20.9 Å². The first kappa shape index (κ1) is 24.2. The zero-order valence-corrected chi connectivity index (χ0v) is 17.5. The van der Waals surface area contributed by atoms with Gasteiger partial charge in [-0.3, -0.25) is 19.3 Å². The lowest BCUT2D eigenvalue weighted by atomic mass is 10.2. The number of ether oxygens (including phenoxy) is 1. The number of rotatable bonds is 9. The summed E-state index contributed by atoms with van der Waals surface area (Å²) in [5.41, 5.74) is 1.07. The van der Waals surface area contributed by atoms with Gasteiger partial charge in [-0.15, -0.1) is 0 Å². The van der Waals surface area contributed by atoms with Gasteiger partial charge in [-0.25, -0.2) is 8.78 Å².